The van der Waals surface area contributed by atoms with E-state index in [9.17, 15) is 0 Å². The fourth-order valence-electron chi connectivity index (χ4n) is 1.39. The molecular formula is C14H9BrN2. The molecule has 3 heteroatoms. The van der Waals surface area contributed by atoms with Crippen molar-refractivity contribution in [1.29, 1.82) is 5.26 Å². The van der Waals surface area contributed by atoms with Crippen molar-refractivity contribution in [3.63, 3.8) is 0 Å². The van der Waals surface area contributed by atoms with E-state index in [0.717, 1.165) is 15.7 Å². The third-order valence-electron chi connectivity index (χ3n) is 2.22. The molecule has 0 saturated heterocycles. The molecule has 17 heavy (non-hydrogen) atoms. The second-order valence-electron chi connectivity index (χ2n) is 3.41. The van der Waals surface area contributed by atoms with Crippen molar-refractivity contribution in [2.75, 3.05) is 0 Å². The Bertz CT molecular complexity index is 565. The minimum Gasteiger partial charge on any atom is -0.237 e. The van der Waals surface area contributed by atoms with Gasteiger partial charge in [0.2, 0.25) is 0 Å². The quantitative estimate of drug-likeness (QED) is 0.765. The highest BCUT2D eigenvalue weighted by Gasteiger charge is 2.01. The zero-order chi connectivity index (χ0) is 12.1. The van der Waals surface area contributed by atoms with Gasteiger partial charge in [0.25, 0.3) is 0 Å². The molecule has 0 atom stereocenters. The van der Waals surface area contributed by atoms with Gasteiger partial charge in [0.15, 0.2) is 0 Å². The van der Waals surface area contributed by atoms with Crippen LogP contribution in [0.5, 0.6) is 0 Å². The first-order valence-corrected chi connectivity index (χ1v) is 5.88. The number of nitrogens with zero attached hydrogens (tertiary/aromatic N) is 2. The normalized spacial score (nSPS) is 10.9. The summed E-state index contributed by atoms with van der Waals surface area (Å²) < 4.78 is 0.995. The molecule has 2 aromatic rings. The second-order valence-corrected chi connectivity index (χ2v) is 4.33. The number of nitriles is 1. The SMILES string of the molecule is N#CC(=Nc1ccc(Br)cc1)c1ccccc1. The van der Waals surface area contributed by atoms with Crippen molar-refractivity contribution in [2.45, 2.75) is 0 Å². The molecule has 2 rings (SSSR count). The number of aliphatic imine (C=N–C) groups is 1. The first-order valence-electron chi connectivity index (χ1n) is 5.09. The molecule has 0 fully saturated rings. The van der Waals surface area contributed by atoms with E-state index in [1.807, 2.05) is 54.6 Å². The van der Waals surface area contributed by atoms with E-state index >= 15 is 0 Å². The minimum absolute atomic E-state index is 0.424. The van der Waals surface area contributed by atoms with Gasteiger partial charge in [0.1, 0.15) is 11.8 Å². The monoisotopic (exact) mass is 284 g/mol. The van der Waals surface area contributed by atoms with Gasteiger partial charge in [0, 0.05) is 10.0 Å². The van der Waals surface area contributed by atoms with Gasteiger partial charge < -0.3 is 0 Å². The summed E-state index contributed by atoms with van der Waals surface area (Å²) in [7, 11) is 0. The largest absolute Gasteiger partial charge is 0.237 e. The van der Waals surface area contributed by atoms with Crippen LogP contribution in [-0.2, 0) is 0 Å². The molecule has 0 radical (unpaired) electrons. The van der Waals surface area contributed by atoms with Gasteiger partial charge in [-0.2, -0.15) is 5.26 Å². The number of hydrogen-bond donors (Lipinski definition) is 0. The smallest absolute Gasteiger partial charge is 0.148 e. The zero-order valence-electron chi connectivity index (χ0n) is 8.97. The number of rotatable bonds is 2. The number of halogens is 1. The van der Waals surface area contributed by atoms with Crippen molar-refractivity contribution in [3.05, 3.63) is 64.6 Å². The molecule has 0 unspecified atom stereocenters. The number of hydrogen-bond acceptors (Lipinski definition) is 2. The zero-order valence-corrected chi connectivity index (χ0v) is 10.6. The Balaban J connectivity index is 2.37. The molecule has 0 aliphatic carbocycles. The maximum absolute atomic E-state index is 9.11. The van der Waals surface area contributed by atoms with E-state index in [-0.39, 0.29) is 0 Å². The fourth-order valence-corrected chi connectivity index (χ4v) is 1.66. The van der Waals surface area contributed by atoms with Crippen LogP contribution in [0.3, 0.4) is 0 Å². The van der Waals surface area contributed by atoms with E-state index in [1.165, 1.54) is 0 Å². The van der Waals surface area contributed by atoms with Gasteiger partial charge in [-0.3, -0.25) is 0 Å². The Hall–Kier alpha value is -1.92. The van der Waals surface area contributed by atoms with Gasteiger partial charge in [-0.1, -0.05) is 46.3 Å². The van der Waals surface area contributed by atoms with Crippen LogP contribution in [0.4, 0.5) is 5.69 Å². The highest BCUT2D eigenvalue weighted by molar-refractivity contribution is 9.10. The lowest BCUT2D eigenvalue weighted by Gasteiger charge is -1.98. The van der Waals surface area contributed by atoms with Crippen molar-refractivity contribution in [2.24, 2.45) is 4.99 Å². The lowest BCUT2D eigenvalue weighted by Crippen LogP contribution is -1.95. The van der Waals surface area contributed by atoms with Gasteiger partial charge in [-0.05, 0) is 24.3 Å². The number of benzene rings is 2. The average molecular weight is 285 g/mol. The highest BCUT2D eigenvalue weighted by atomic mass is 79.9. The van der Waals surface area contributed by atoms with Crippen LogP contribution in [-0.4, -0.2) is 5.71 Å². The summed E-state index contributed by atoms with van der Waals surface area (Å²) in [6.45, 7) is 0. The average Bonchev–Trinajstić information content (AvgIpc) is 2.39. The summed E-state index contributed by atoms with van der Waals surface area (Å²) in [6, 6.07) is 19.1. The van der Waals surface area contributed by atoms with Crippen molar-refractivity contribution < 1.29 is 0 Å². The van der Waals surface area contributed by atoms with Crippen LogP contribution >= 0.6 is 15.9 Å². The Morgan fingerprint density at radius 3 is 2.24 bits per heavy atom. The molecule has 0 heterocycles. The summed E-state index contributed by atoms with van der Waals surface area (Å²) in [4.78, 5) is 4.32. The van der Waals surface area contributed by atoms with E-state index in [1.54, 1.807) is 0 Å². The Morgan fingerprint density at radius 1 is 1.00 bits per heavy atom. The molecule has 0 saturated carbocycles. The molecular weight excluding hydrogens is 276 g/mol. The standard InChI is InChI=1S/C14H9BrN2/c15-12-6-8-13(9-7-12)17-14(10-16)11-4-2-1-3-5-11/h1-9H. The van der Waals surface area contributed by atoms with Crippen molar-refractivity contribution in [3.8, 4) is 6.07 Å². The third kappa shape index (κ3) is 3.02. The van der Waals surface area contributed by atoms with Crippen molar-refractivity contribution in [1.82, 2.24) is 0 Å². The maximum Gasteiger partial charge on any atom is 0.148 e. The second kappa shape index (κ2) is 5.42. The van der Waals surface area contributed by atoms with Crippen LogP contribution in [0.25, 0.3) is 0 Å². The molecule has 0 aliphatic heterocycles. The highest BCUT2D eigenvalue weighted by Crippen LogP contribution is 2.18. The molecule has 2 nitrogen and oxygen atoms in total. The summed E-state index contributed by atoms with van der Waals surface area (Å²) >= 11 is 3.36. The summed E-state index contributed by atoms with van der Waals surface area (Å²) in [5.41, 5.74) is 2.03. The van der Waals surface area contributed by atoms with Gasteiger partial charge in [-0.25, -0.2) is 4.99 Å². The van der Waals surface area contributed by atoms with Crippen LogP contribution in [0, 0.1) is 11.3 Å². The van der Waals surface area contributed by atoms with Gasteiger partial charge >= 0.3 is 0 Å². The van der Waals surface area contributed by atoms with Gasteiger partial charge in [0.05, 0.1) is 5.69 Å². The molecule has 0 amide bonds. The molecule has 0 spiro atoms. The lowest BCUT2D eigenvalue weighted by molar-refractivity contribution is 1.47. The van der Waals surface area contributed by atoms with Crippen LogP contribution in [0.2, 0.25) is 0 Å². The van der Waals surface area contributed by atoms with Crippen LogP contribution in [0.15, 0.2) is 64.1 Å². The molecule has 0 N–H and O–H groups in total. The summed E-state index contributed by atoms with van der Waals surface area (Å²) in [5, 5.41) is 9.11. The maximum atomic E-state index is 9.11. The van der Waals surface area contributed by atoms with Crippen LogP contribution in [0.1, 0.15) is 5.56 Å². The molecule has 0 bridgehead atoms. The molecule has 0 aliphatic rings. The third-order valence-corrected chi connectivity index (χ3v) is 2.75. The summed E-state index contributed by atoms with van der Waals surface area (Å²) in [5.74, 6) is 0. The minimum atomic E-state index is 0.424. The topological polar surface area (TPSA) is 36.1 Å². The van der Waals surface area contributed by atoms with E-state index in [4.69, 9.17) is 5.26 Å². The Labute approximate surface area is 108 Å². The summed E-state index contributed by atoms with van der Waals surface area (Å²) in [6.07, 6.45) is 0. The van der Waals surface area contributed by atoms with E-state index < -0.39 is 0 Å². The predicted molar refractivity (Wildman–Crippen MR) is 72.4 cm³/mol. The molecule has 2 aromatic carbocycles. The predicted octanol–water partition coefficient (Wildman–Crippen LogP) is 4.09. The van der Waals surface area contributed by atoms with E-state index in [2.05, 4.69) is 27.0 Å². The van der Waals surface area contributed by atoms with Gasteiger partial charge in [-0.15, -0.1) is 0 Å². The molecule has 0 aromatic heterocycles. The Morgan fingerprint density at radius 2 is 1.65 bits per heavy atom. The first kappa shape index (κ1) is 11.6. The first-order chi connectivity index (χ1) is 8.29. The lowest BCUT2D eigenvalue weighted by atomic mass is 10.1. The Kier molecular flexibility index (Phi) is 3.69. The fraction of sp³-hybridized carbons (Fsp3) is 0. The molecule has 82 valence electrons. The van der Waals surface area contributed by atoms with E-state index in [0.29, 0.717) is 5.71 Å². The van der Waals surface area contributed by atoms with Crippen LogP contribution < -0.4 is 0 Å². The van der Waals surface area contributed by atoms with Crippen molar-refractivity contribution >= 4 is 27.3 Å².